The Bertz CT molecular complexity index is 640. The fraction of sp³-hybridized carbons (Fsp3) is 0.556. The summed E-state index contributed by atoms with van der Waals surface area (Å²) in [4.78, 5) is 0.973. The van der Waals surface area contributed by atoms with E-state index in [4.69, 9.17) is 28.4 Å². The zero-order chi connectivity index (χ0) is 16.9. The molecule has 22 heavy (non-hydrogen) atoms. The van der Waals surface area contributed by atoms with E-state index in [1.54, 1.807) is 0 Å². The highest BCUT2D eigenvalue weighted by Crippen LogP contribution is 2.38. The van der Waals surface area contributed by atoms with Crippen molar-refractivity contribution in [2.75, 3.05) is 0 Å². The van der Waals surface area contributed by atoms with E-state index in [9.17, 15) is 0 Å². The zero-order valence-electron chi connectivity index (χ0n) is 14.6. The molecule has 0 aliphatic carbocycles. The smallest absolute Gasteiger partial charge is 0.399 e. The third-order valence-electron chi connectivity index (χ3n) is 5.19. The molecule has 1 aromatic rings. The lowest BCUT2D eigenvalue weighted by molar-refractivity contribution is 0.00578. The van der Waals surface area contributed by atoms with Crippen molar-refractivity contribution in [2.24, 2.45) is 0 Å². The van der Waals surface area contributed by atoms with Gasteiger partial charge in [-0.2, -0.15) is 0 Å². The van der Waals surface area contributed by atoms with E-state index in [0.29, 0.717) is 6.42 Å². The molecule has 1 fully saturated rings. The molecule has 118 valence electrons. The van der Waals surface area contributed by atoms with Crippen LogP contribution in [0.2, 0.25) is 0 Å². The van der Waals surface area contributed by atoms with Crippen LogP contribution in [0.3, 0.4) is 0 Å². The molecule has 1 aliphatic rings. The van der Waals surface area contributed by atoms with Crippen LogP contribution in [0, 0.1) is 33.1 Å². The molecule has 0 amide bonds. The molecule has 1 saturated heterocycles. The first-order valence-electron chi connectivity index (χ1n) is 7.64. The Morgan fingerprint density at radius 2 is 1.50 bits per heavy atom. The lowest BCUT2D eigenvalue weighted by Crippen LogP contribution is -2.41. The van der Waals surface area contributed by atoms with Crippen molar-refractivity contribution in [3.63, 3.8) is 0 Å². The lowest BCUT2D eigenvalue weighted by atomic mass is 9.71. The maximum Gasteiger partial charge on any atom is 0.495 e. The summed E-state index contributed by atoms with van der Waals surface area (Å²) in [6.07, 6.45) is 6.13. The molecule has 4 heteroatoms. The Hall–Kier alpha value is -0.885. The number of terminal acetylenes is 1. The van der Waals surface area contributed by atoms with Crippen LogP contribution >= 0.6 is 12.6 Å². The molecule has 0 N–H and O–H groups in total. The van der Waals surface area contributed by atoms with Crippen LogP contribution in [0.25, 0.3) is 0 Å². The minimum absolute atomic E-state index is 0.357. The molecule has 0 unspecified atom stereocenters. The van der Waals surface area contributed by atoms with Crippen molar-refractivity contribution in [3.05, 3.63) is 22.3 Å². The van der Waals surface area contributed by atoms with Gasteiger partial charge in [0, 0.05) is 11.3 Å². The van der Waals surface area contributed by atoms with Crippen LogP contribution in [0.1, 0.15) is 49.9 Å². The Morgan fingerprint density at radius 3 is 1.95 bits per heavy atom. The third kappa shape index (κ3) is 2.60. The van der Waals surface area contributed by atoms with Crippen molar-refractivity contribution >= 4 is 25.2 Å². The van der Waals surface area contributed by atoms with Gasteiger partial charge in [-0.05, 0) is 76.2 Å². The van der Waals surface area contributed by atoms with E-state index in [0.717, 1.165) is 32.6 Å². The van der Waals surface area contributed by atoms with Crippen molar-refractivity contribution in [3.8, 4) is 12.3 Å². The molecule has 1 heterocycles. The molecule has 0 radical (unpaired) electrons. The van der Waals surface area contributed by atoms with Gasteiger partial charge in [0.1, 0.15) is 0 Å². The van der Waals surface area contributed by atoms with Gasteiger partial charge < -0.3 is 9.31 Å². The normalized spacial score (nSPS) is 19.3. The highest BCUT2D eigenvalue weighted by molar-refractivity contribution is 7.80. The van der Waals surface area contributed by atoms with Gasteiger partial charge in [0.2, 0.25) is 0 Å². The maximum atomic E-state index is 6.23. The largest absolute Gasteiger partial charge is 0.495 e. The quantitative estimate of drug-likeness (QED) is 0.512. The SMILES string of the molecule is C#CCc1c(C)c(S)c(C)c(B2OC(C)(C)C(C)(C)O2)c1C. The van der Waals surface area contributed by atoms with Gasteiger partial charge in [0.15, 0.2) is 0 Å². The first-order chi connectivity index (χ1) is 10.0. The lowest BCUT2D eigenvalue weighted by Gasteiger charge is -2.32. The first-order valence-corrected chi connectivity index (χ1v) is 8.08. The third-order valence-corrected chi connectivity index (χ3v) is 5.86. The summed E-state index contributed by atoms with van der Waals surface area (Å²) in [6.45, 7) is 14.5. The average molecular weight is 316 g/mol. The summed E-state index contributed by atoms with van der Waals surface area (Å²) in [5.74, 6) is 2.75. The second-order valence-electron chi connectivity index (χ2n) is 7.08. The van der Waals surface area contributed by atoms with E-state index in [2.05, 4.69) is 54.4 Å². The summed E-state index contributed by atoms with van der Waals surface area (Å²) >= 11 is 4.69. The Labute approximate surface area is 140 Å². The van der Waals surface area contributed by atoms with Crippen molar-refractivity contribution in [1.29, 1.82) is 0 Å². The van der Waals surface area contributed by atoms with Gasteiger partial charge in [-0.25, -0.2) is 0 Å². The average Bonchev–Trinajstić information content (AvgIpc) is 2.61. The minimum Gasteiger partial charge on any atom is -0.399 e. The Kier molecular flexibility index (Phi) is 4.47. The van der Waals surface area contributed by atoms with Crippen LogP contribution in [-0.2, 0) is 15.7 Å². The topological polar surface area (TPSA) is 18.5 Å². The van der Waals surface area contributed by atoms with Gasteiger partial charge in [-0.15, -0.1) is 25.0 Å². The predicted molar refractivity (Wildman–Crippen MR) is 96.2 cm³/mol. The highest BCUT2D eigenvalue weighted by Gasteiger charge is 2.52. The molecule has 2 rings (SSSR count). The number of rotatable bonds is 2. The van der Waals surface area contributed by atoms with Gasteiger partial charge in [-0.3, -0.25) is 0 Å². The van der Waals surface area contributed by atoms with Gasteiger partial charge in [0.05, 0.1) is 11.2 Å². The van der Waals surface area contributed by atoms with Gasteiger partial charge in [-0.1, -0.05) is 0 Å². The maximum absolute atomic E-state index is 6.23. The molecule has 0 aromatic heterocycles. The Morgan fingerprint density at radius 1 is 1.00 bits per heavy atom. The fourth-order valence-corrected chi connectivity index (χ4v) is 3.21. The molecular weight excluding hydrogens is 291 g/mol. The molecule has 0 bridgehead atoms. The molecule has 2 nitrogen and oxygen atoms in total. The van der Waals surface area contributed by atoms with E-state index in [-0.39, 0.29) is 18.3 Å². The van der Waals surface area contributed by atoms with Gasteiger partial charge >= 0.3 is 7.12 Å². The fourth-order valence-electron chi connectivity index (χ4n) is 2.96. The van der Waals surface area contributed by atoms with Crippen LogP contribution in [0.15, 0.2) is 4.90 Å². The van der Waals surface area contributed by atoms with E-state index >= 15 is 0 Å². The second kappa shape index (κ2) is 5.63. The van der Waals surface area contributed by atoms with Crippen molar-refractivity contribution < 1.29 is 9.31 Å². The minimum atomic E-state index is -0.381. The second-order valence-corrected chi connectivity index (χ2v) is 7.53. The summed E-state index contributed by atoms with van der Waals surface area (Å²) < 4.78 is 12.5. The van der Waals surface area contributed by atoms with Crippen LogP contribution in [0.5, 0.6) is 0 Å². The van der Waals surface area contributed by atoms with E-state index < -0.39 is 0 Å². The van der Waals surface area contributed by atoms with Gasteiger partial charge in [0.25, 0.3) is 0 Å². The summed E-state index contributed by atoms with van der Waals surface area (Å²) in [7, 11) is -0.381. The van der Waals surface area contributed by atoms with E-state index in [1.807, 2.05) is 0 Å². The first kappa shape index (κ1) is 17.5. The van der Waals surface area contributed by atoms with Crippen LogP contribution in [0.4, 0.5) is 0 Å². The molecule has 0 spiro atoms. The highest BCUT2D eigenvalue weighted by atomic mass is 32.1. The number of hydrogen-bond acceptors (Lipinski definition) is 3. The number of benzene rings is 1. The predicted octanol–water partition coefficient (Wildman–Crippen LogP) is 3.38. The standard InChI is InChI=1S/C18H25BO2S/c1-9-10-14-11(2)15(13(4)16(22)12(14)3)19-20-17(5,6)18(7,8)21-19/h1,22H,10H2,2-8H3. The molecular formula is C18H25BO2S. The van der Waals surface area contributed by atoms with Crippen LogP contribution in [-0.4, -0.2) is 18.3 Å². The summed E-state index contributed by atoms with van der Waals surface area (Å²) in [5.41, 5.74) is 4.93. The van der Waals surface area contributed by atoms with Crippen LogP contribution < -0.4 is 5.46 Å². The summed E-state index contributed by atoms with van der Waals surface area (Å²) in [6, 6.07) is 0. The van der Waals surface area contributed by atoms with Crippen molar-refractivity contribution in [2.45, 2.75) is 71.0 Å². The Balaban J connectivity index is 2.61. The number of thiol groups is 1. The van der Waals surface area contributed by atoms with E-state index in [1.165, 1.54) is 0 Å². The summed E-state index contributed by atoms with van der Waals surface area (Å²) in [5, 5.41) is 0. The molecule has 0 atom stereocenters. The molecule has 0 saturated carbocycles. The monoisotopic (exact) mass is 316 g/mol. The zero-order valence-corrected chi connectivity index (χ0v) is 15.5. The molecule has 1 aliphatic heterocycles. The number of hydrogen-bond donors (Lipinski definition) is 1. The van der Waals surface area contributed by atoms with Crippen molar-refractivity contribution in [1.82, 2.24) is 0 Å². The molecule has 1 aromatic carbocycles.